The summed E-state index contributed by atoms with van der Waals surface area (Å²) < 4.78 is 0. The SMILES string of the molecule is Cl.NNC1=NCCc2ccccc21. The number of amidine groups is 1. The summed E-state index contributed by atoms with van der Waals surface area (Å²) in [6.45, 7) is 0.830. The number of nitrogens with two attached hydrogens (primary N) is 1. The molecule has 0 atom stereocenters. The molecule has 1 aromatic rings. The maximum absolute atomic E-state index is 5.34. The molecule has 0 saturated heterocycles. The first-order valence-corrected chi connectivity index (χ1v) is 4.01. The average Bonchev–Trinajstić information content (AvgIpc) is 2.17. The van der Waals surface area contributed by atoms with Crippen LogP contribution in [0.3, 0.4) is 0 Å². The zero-order valence-corrected chi connectivity index (χ0v) is 7.97. The van der Waals surface area contributed by atoms with Crippen molar-refractivity contribution in [3.05, 3.63) is 35.4 Å². The number of nitrogens with one attached hydrogen (secondary N) is 1. The maximum Gasteiger partial charge on any atom is 0.142 e. The number of hydrogen-bond donors (Lipinski definition) is 2. The maximum atomic E-state index is 5.34. The summed E-state index contributed by atoms with van der Waals surface area (Å²) in [6, 6.07) is 8.18. The van der Waals surface area contributed by atoms with Gasteiger partial charge in [0.15, 0.2) is 0 Å². The first-order chi connectivity index (χ1) is 5.92. The lowest BCUT2D eigenvalue weighted by atomic mass is 10.0. The van der Waals surface area contributed by atoms with Crippen LogP contribution in [-0.2, 0) is 6.42 Å². The van der Waals surface area contributed by atoms with Crippen LogP contribution in [0.1, 0.15) is 11.1 Å². The fourth-order valence-corrected chi connectivity index (χ4v) is 1.47. The lowest BCUT2D eigenvalue weighted by molar-refractivity contribution is 0.900. The Kier molecular flexibility index (Phi) is 3.28. The monoisotopic (exact) mass is 197 g/mol. The van der Waals surface area contributed by atoms with Gasteiger partial charge in [-0.25, -0.2) is 5.84 Å². The van der Waals surface area contributed by atoms with Crippen LogP contribution in [-0.4, -0.2) is 12.4 Å². The van der Waals surface area contributed by atoms with Gasteiger partial charge in [0, 0.05) is 12.1 Å². The first-order valence-electron chi connectivity index (χ1n) is 4.01. The molecule has 0 aliphatic carbocycles. The van der Waals surface area contributed by atoms with E-state index in [1.54, 1.807) is 0 Å². The summed E-state index contributed by atoms with van der Waals surface area (Å²) >= 11 is 0. The Balaban J connectivity index is 0.000000845. The summed E-state index contributed by atoms with van der Waals surface area (Å²) in [7, 11) is 0. The van der Waals surface area contributed by atoms with Crippen molar-refractivity contribution in [2.75, 3.05) is 6.54 Å². The van der Waals surface area contributed by atoms with Crippen molar-refractivity contribution in [2.45, 2.75) is 6.42 Å². The van der Waals surface area contributed by atoms with Crippen LogP contribution in [0.5, 0.6) is 0 Å². The van der Waals surface area contributed by atoms with E-state index in [0.717, 1.165) is 24.4 Å². The molecule has 1 heterocycles. The number of rotatable bonds is 0. The fourth-order valence-electron chi connectivity index (χ4n) is 1.47. The number of aliphatic imine (C=N–C) groups is 1. The fraction of sp³-hybridized carbons (Fsp3) is 0.222. The third-order valence-electron chi connectivity index (χ3n) is 2.06. The molecular formula is C9H12ClN3. The molecule has 0 unspecified atom stereocenters. The smallest absolute Gasteiger partial charge is 0.142 e. The lowest BCUT2D eigenvalue weighted by Gasteiger charge is -2.15. The molecule has 0 saturated carbocycles. The minimum Gasteiger partial charge on any atom is -0.308 e. The topological polar surface area (TPSA) is 50.4 Å². The minimum absolute atomic E-state index is 0. The number of nitrogens with zero attached hydrogens (tertiary/aromatic N) is 1. The van der Waals surface area contributed by atoms with Crippen LogP contribution in [0.25, 0.3) is 0 Å². The lowest BCUT2D eigenvalue weighted by Crippen LogP contribution is -2.33. The van der Waals surface area contributed by atoms with Gasteiger partial charge in [0.2, 0.25) is 0 Å². The van der Waals surface area contributed by atoms with Gasteiger partial charge in [-0.1, -0.05) is 24.3 Å². The summed E-state index contributed by atoms with van der Waals surface area (Å²) in [4.78, 5) is 4.27. The Morgan fingerprint density at radius 3 is 2.85 bits per heavy atom. The first kappa shape index (κ1) is 10.0. The van der Waals surface area contributed by atoms with E-state index < -0.39 is 0 Å². The molecule has 0 spiro atoms. The largest absolute Gasteiger partial charge is 0.308 e. The van der Waals surface area contributed by atoms with Gasteiger partial charge < -0.3 is 5.43 Å². The van der Waals surface area contributed by atoms with Gasteiger partial charge >= 0.3 is 0 Å². The number of hydrogen-bond acceptors (Lipinski definition) is 3. The second kappa shape index (κ2) is 4.25. The van der Waals surface area contributed by atoms with E-state index in [-0.39, 0.29) is 12.4 Å². The number of benzene rings is 1. The second-order valence-corrected chi connectivity index (χ2v) is 2.78. The predicted molar refractivity (Wildman–Crippen MR) is 56.1 cm³/mol. The Labute approximate surface area is 83.4 Å². The molecule has 2 rings (SSSR count). The molecule has 4 heteroatoms. The molecule has 0 aromatic heterocycles. The second-order valence-electron chi connectivity index (χ2n) is 2.78. The molecule has 0 radical (unpaired) electrons. The third kappa shape index (κ3) is 1.82. The molecular weight excluding hydrogens is 186 g/mol. The predicted octanol–water partition coefficient (Wildman–Crippen LogP) is 0.874. The average molecular weight is 198 g/mol. The Morgan fingerprint density at radius 2 is 2.08 bits per heavy atom. The van der Waals surface area contributed by atoms with Crippen molar-refractivity contribution < 1.29 is 0 Å². The van der Waals surface area contributed by atoms with Crippen molar-refractivity contribution in [2.24, 2.45) is 10.8 Å². The van der Waals surface area contributed by atoms with Gasteiger partial charge in [0.1, 0.15) is 5.84 Å². The van der Waals surface area contributed by atoms with Crippen molar-refractivity contribution in [3.8, 4) is 0 Å². The highest BCUT2D eigenvalue weighted by Gasteiger charge is 2.10. The van der Waals surface area contributed by atoms with E-state index in [2.05, 4.69) is 16.5 Å². The van der Waals surface area contributed by atoms with Crippen LogP contribution in [0.2, 0.25) is 0 Å². The van der Waals surface area contributed by atoms with E-state index in [9.17, 15) is 0 Å². The van der Waals surface area contributed by atoms with Gasteiger partial charge in [-0.2, -0.15) is 0 Å². The third-order valence-corrected chi connectivity index (χ3v) is 2.06. The summed E-state index contributed by atoms with van der Waals surface area (Å²) in [5.41, 5.74) is 5.06. The van der Waals surface area contributed by atoms with Crippen LogP contribution in [0.4, 0.5) is 0 Å². The van der Waals surface area contributed by atoms with Gasteiger partial charge in [-0.05, 0) is 12.0 Å². The molecule has 0 bridgehead atoms. The van der Waals surface area contributed by atoms with Crippen LogP contribution < -0.4 is 11.3 Å². The molecule has 1 aliphatic rings. The minimum atomic E-state index is 0. The number of halogens is 1. The quantitative estimate of drug-likeness (QED) is 0.479. The molecule has 70 valence electrons. The summed E-state index contributed by atoms with van der Waals surface area (Å²) in [6.07, 6.45) is 1.02. The Hall–Kier alpha value is -1.06. The summed E-state index contributed by atoms with van der Waals surface area (Å²) in [5.74, 6) is 6.14. The standard InChI is InChI=1S/C9H11N3.ClH/c10-12-9-8-4-2-1-3-7(8)5-6-11-9;/h1-4H,5-6,10H2,(H,11,12);1H. The van der Waals surface area contributed by atoms with E-state index >= 15 is 0 Å². The van der Waals surface area contributed by atoms with Crippen molar-refractivity contribution in [3.63, 3.8) is 0 Å². The molecule has 13 heavy (non-hydrogen) atoms. The van der Waals surface area contributed by atoms with Crippen LogP contribution in [0, 0.1) is 0 Å². The highest BCUT2D eigenvalue weighted by molar-refractivity contribution is 6.00. The van der Waals surface area contributed by atoms with E-state index in [1.807, 2.05) is 18.2 Å². The Bertz CT molecular complexity index is 322. The van der Waals surface area contributed by atoms with Gasteiger partial charge in [0.05, 0.1) is 0 Å². The van der Waals surface area contributed by atoms with E-state index in [0.29, 0.717) is 0 Å². The molecule has 0 fully saturated rings. The number of fused-ring (bicyclic) bond motifs is 1. The highest BCUT2D eigenvalue weighted by Crippen LogP contribution is 2.13. The van der Waals surface area contributed by atoms with Crippen molar-refractivity contribution in [1.29, 1.82) is 0 Å². The molecule has 1 aromatic carbocycles. The van der Waals surface area contributed by atoms with Gasteiger partial charge in [-0.3, -0.25) is 4.99 Å². The molecule has 1 aliphatic heterocycles. The van der Waals surface area contributed by atoms with Crippen LogP contribution in [0.15, 0.2) is 29.3 Å². The van der Waals surface area contributed by atoms with Gasteiger partial charge in [-0.15, -0.1) is 12.4 Å². The highest BCUT2D eigenvalue weighted by atomic mass is 35.5. The van der Waals surface area contributed by atoms with E-state index in [1.165, 1.54) is 5.56 Å². The normalized spacial score (nSPS) is 13.8. The summed E-state index contributed by atoms with van der Waals surface area (Å²) in [5, 5.41) is 0. The molecule has 0 amide bonds. The van der Waals surface area contributed by atoms with Crippen molar-refractivity contribution in [1.82, 2.24) is 5.43 Å². The zero-order chi connectivity index (χ0) is 8.39. The number of hydrazine groups is 1. The molecule has 3 nitrogen and oxygen atoms in total. The zero-order valence-electron chi connectivity index (χ0n) is 7.16. The van der Waals surface area contributed by atoms with Crippen molar-refractivity contribution >= 4 is 18.2 Å². The van der Waals surface area contributed by atoms with Crippen LogP contribution >= 0.6 is 12.4 Å². The van der Waals surface area contributed by atoms with Gasteiger partial charge in [0.25, 0.3) is 0 Å². The van der Waals surface area contributed by atoms with E-state index in [4.69, 9.17) is 5.84 Å². The Morgan fingerprint density at radius 1 is 1.31 bits per heavy atom. The molecule has 3 N–H and O–H groups in total.